The molecule has 1 heterocycles. The van der Waals surface area contributed by atoms with Crippen LogP contribution in [0.3, 0.4) is 0 Å². The van der Waals surface area contributed by atoms with E-state index in [0.29, 0.717) is 43.8 Å². The molecule has 0 aliphatic rings. The lowest BCUT2D eigenvalue weighted by Crippen LogP contribution is -2.29. The molecule has 0 radical (unpaired) electrons. The summed E-state index contributed by atoms with van der Waals surface area (Å²) in [4.78, 5) is 25.0. The van der Waals surface area contributed by atoms with Gasteiger partial charge >= 0.3 is 0 Å². The first-order valence-corrected chi connectivity index (χ1v) is 11.9. The summed E-state index contributed by atoms with van der Waals surface area (Å²) >= 11 is 19.4. The van der Waals surface area contributed by atoms with E-state index >= 15 is 0 Å². The van der Waals surface area contributed by atoms with Crippen molar-refractivity contribution in [2.24, 2.45) is 0 Å². The van der Waals surface area contributed by atoms with Gasteiger partial charge in [-0.05, 0) is 37.3 Å². The van der Waals surface area contributed by atoms with Gasteiger partial charge in [0.2, 0.25) is 5.91 Å². The van der Waals surface area contributed by atoms with E-state index in [-0.39, 0.29) is 17.6 Å². The molecule has 2 aromatic carbocycles. The summed E-state index contributed by atoms with van der Waals surface area (Å²) in [5, 5.41) is 15.7. The lowest BCUT2D eigenvalue weighted by molar-refractivity contribution is -0.113. The topological polar surface area (TPSA) is 88.9 Å². The number of anilines is 1. The maximum atomic E-state index is 12.6. The van der Waals surface area contributed by atoms with Gasteiger partial charge in [0, 0.05) is 11.6 Å². The quantitative estimate of drug-likeness (QED) is 0.279. The molecule has 11 heteroatoms. The van der Waals surface area contributed by atoms with Crippen molar-refractivity contribution in [3.05, 3.63) is 81.6 Å². The standard InChI is InChI=1S/C22H20Cl3N5O2S/c1-3-10-30-20(13(2)26-21(32)15-6-4-5-7-16(15)24)28-29-22(30)33-12-19(31)27-18-11-14(23)8-9-17(18)25/h3-9,11,13H,1,10,12H2,2H3,(H,26,32)(H,27,31)/t13-/m0/s1. The van der Waals surface area contributed by atoms with Crippen LogP contribution in [-0.2, 0) is 11.3 Å². The fraction of sp³-hybridized carbons (Fsp3) is 0.182. The predicted molar refractivity (Wildman–Crippen MR) is 133 cm³/mol. The summed E-state index contributed by atoms with van der Waals surface area (Å²) in [5.41, 5.74) is 0.797. The molecule has 33 heavy (non-hydrogen) atoms. The van der Waals surface area contributed by atoms with Crippen LogP contribution in [0.15, 0.2) is 60.3 Å². The molecular formula is C22H20Cl3N5O2S. The Labute approximate surface area is 210 Å². The number of hydrogen-bond acceptors (Lipinski definition) is 5. The zero-order chi connectivity index (χ0) is 24.0. The van der Waals surface area contributed by atoms with Gasteiger partial charge in [0.25, 0.3) is 5.91 Å². The van der Waals surface area contributed by atoms with Crippen LogP contribution in [0, 0.1) is 0 Å². The van der Waals surface area contributed by atoms with Gasteiger partial charge in [-0.25, -0.2) is 0 Å². The van der Waals surface area contributed by atoms with Crippen LogP contribution >= 0.6 is 46.6 Å². The highest BCUT2D eigenvalue weighted by Gasteiger charge is 2.21. The van der Waals surface area contributed by atoms with Crippen molar-refractivity contribution in [2.75, 3.05) is 11.1 Å². The van der Waals surface area contributed by atoms with Gasteiger partial charge in [-0.15, -0.1) is 16.8 Å². The van der Waals surface area contributed by atoms with Gasteiger partial charge in [0.05, 0.1) is 33.1 Å². The molecule has 0 saturated heterocycles. The number of nitrogens with one attached hydrogen (secondary N) is 2. The number of nitrogens with zero attached hydrogens (tertiary/aromatic N) is 3. The number of aromatic nitrogens is 3. The molecule has 0 saturated carbocycles. The van der Waals surface area contributed by atoms with Crippen molar-refractivity contribution in [3.63, 3.8) is 0 Å². The van der Waals surface area contributed by atoms with Gasteiger partial charge in [-0.3, -0.25) is 9.59 Å². The molecule has 0 aliphatic carbocycles. The smallest absolute Gasteiger partial charge is 0.253 e. The van der Waals surface area contributed by atoms with Gasteiger partial charge in [-0.1, -0.05) is 64.8 Å². The maximum Gasteiger partial charge on any atom is 0.253 e. The first-order chi connectivity index (χ1) is 15.8. The number of benzene rings is 2. The van der Waals surface area contributed by atoms with E-state index in [0.717, 1.165) is 0 Å². The summed E-state index contributed by atoms with van der Waals surface area (Å²) in [6.45, 7) is 5.96. The van der Waals surface area contributed by atoms with Crippen molar-refractivity contribution in [1.82, 2.24) is 20.1 Å². The van der Waals surface area contributed by atoms with Crippen LogP contribution in [0.5, 0.6) is 0 Å². The van der Waals surface area contributed by atoms with Crippen molar-refractivity contribution < 1.29 is 9.59 Å². The van der Waals surface area contributed by atoms with Crippen LogP contribution < -0.4 is 10.6 Å². The third-order valence-corrected chi connectivity index (χ3v) is 6.31. The minimum Gasteiger partial charge on any atom is -0.342 e. The van der Waals surface area contributed by atoms with E-state index in [4.69, 9.17) is 34.8 Å². The Bertz CT molecular complexity index is 1180. The summed E-state index contributed by atoms with van der Waals surface area (Å²) in [6.07, 6.45) is 1.69. The fourth-order valence-corrected chi connectivity index (χ4v) is 4.24. The molecule has 3 aromatic rings. The molecule has 2 amide bonds. The number of rotatable bonds is 9. The third kappa shape index (κ3) is 6.51. The SMILES string of the molecule is C=CCn1c(SCC(=O)Nc2cc(Cl)ccc2Cl)nnc1[C@H](C)NC(=O)c1ccccc1Cl. The normalized spacial score (nSPS) is 11.6. The summed E-state index contributed by atoms with van der Waals surface area (Å²) in [6, 6.07) is 11.1. The monoisotopic (exact) mass is 523 g/mol. The molecular weight excluding hydrogens is 505 g/mol. The number of carbonyl (C=O) groups is 2. The summed E-state index contributed by atoms with van der Waals surface area (Å²) in [5.74, 6) is -0.0124. The van der Waals surface area contributed by atoms with Gasteiger partial charge in [0.15, 0.2) is 11.0 Å². The Morgan fingerprint density at radius 1 is 1.15 bits per heavy atom. The first kappa shape index (κ1) is 25.1. The molecule has 0 spiro atoms. The fourth-order valence-electron chi connectivity index (χ4n) is 2.92. The van der Waals surface area contributed by atoms with E-state index in [1.807, 2.05) is 0 Å². The number of thioether (sulfide) groups is 1. The van der Waals surface area contributed by atoms with Crippen molar-refractivity contribution >= 4 is 64.1 Å². The number of allylic oxidation sites excluding steroid dienone is 1. The molecule has 1 aromatic heterocycles. The molecule has 172 valence electrons. The Morgan fingerprint density at radius 3 is 2.64 bits per heavy atom. The van der Waals surface area contributed by atoms with Crippen LogP contribution in [0.1, 0.15) is 29.1 Å². The summed E-state index contributed by atoms with van der Waals surface area (Å²) < 4.78 is 1.79. The highest BCUT2D eigenvalue weighted by molar-refractivity contribution is 7.99. The van der Waals surface area contributed by atoms with E-state index in [1.54, 1.807) is 60.0 Å². The zero-order valence-corrected chi connectivity index (χ0v) is 20.6. The largest absolute Gasteiger partial charge is 0.342 e. The van der Waals surface area contributed by atoms with E-state index in [1.165, 1.54) is 11.8 Å². The van der Waals surface area contributed by atoms with Gasteiger partial charge in [0.1, 0.15) is 0 Å². The predicted octanol–water partition coefficient (Wildman–Crippen LogP) is 5.65. The van der Waals surface area contributed by atoms with Crippen LogP contribution in [0.4, 0.5) is 5.69 Å². The van der Waals surface area contributed by atoms with Gasteiger partial charge in [-0.2, -0.15) is 0 Å². The average molecular weight is 525 g/mol. The highest BCUT2D eigenvalue weighted by atomic mass is 35.5. The Kier molecular flexibility index (Phi) is 8.80. The number of halogens is 3. The molecule has 3 rings (SSSR count). The molecule has 0 unspecified atom stereocenters. The molecule has 0 bridgehead atoms. The Morgan fingerprint density at radius 2 is 1.91 bits per heavy atom. The molecule has 1 atom stereocenters. The molecule has 0 aliphatic heterocycles. The number of amides is 2. The van der Waals surface area contributed by atoms with E-state index < -0.39 is 6.04 Å². The summed E-state index contributed by atoms with van der Waals surface area (Å²) in [7, 11) is 0. The van der Waals surface area contributed by atoms with Crippen LogP contribution in [0.2, 0.25) is 15.1 Å². The first-order valence-electron chi connectivity index (χ1n) is 9.77. The molecule has 2 N–H and O–H groups in total. The van der Waals surface area contributed by atoms with Crippen molar-refractivity contribution in [1.29, 1.82) is 0 Å². The minimum absolute atomic E-state index is 0.0679. The average Bonchev–Trinajstić information content (AvgIpc) is 3.18. The minimum atomic E-state index is -0.463. The van der Waals surface area contributed by atoms with Crippen molar-refractivity contribution in [2.45, 2.75) is 24.7 Å². The number of carbonyl (C=O) groups excluding carboxylic acids is 2. The van der Waals surface area contributed by atoms with Gasteiger partial charge < -0.3 is 15.2 Å². The lowest BCUT2D eigenvalue weighted by Gasteiger charge is -2.15. The van der Waals surface area contributed by atoms with E-state index in [9.17, 15) is 9.59 Å². The third-order valence-electron chi connectivity index (χ3n) is 4.45. The van der Waals surface area contributed by atoms with E-state index in [2.05, 4.69) is 27.4 Å². The van der Waals surface area contributed by atoms with Crippen molar-refractivity contribution in [3.8, 4) is 0 Å². The highest BCUT2D eigenvalue weighted by Crippen LogP contribution is 2.26. The zero-order valence-electron chi connectivity index (χ0n) is 17.5. The Hall–Kier alpha value is -2.52. The maximum absolute atomic E-state index is 12.6. The second-order valence-electron chi connectivity index (χ2n) is 6.88. The lowest BCUT2D eigenvalue weighted by atomic mass is 10.2. The second-order valence-corrected chi connectivity index (χ2v) is 9.07. The Balaban J connectivity index is 1.69. The molecule has 7 nitrogen and oxygen atoms in total. The van der Waals surface area contributed by atoms with Crippen LogP contribution in [-0.4, -0.2) is 32.3 Å². The van der Waals surface area contributed by atoms with Crippen LogP contribution in [0.25, 0.3) is 0 Å². The molecule has 0 fully saturated rings. The second kappa shape index (κ2) is 11.6. The number of hydrogen-bond donors (Lipinski definition) is 2.